The number of hydrogen-bond acceptors (Lipinski definition) is 9. The van der Waals surface area contributed by atoms with Crippen molar-refractivity contribution in [1.82, 2.24) is 20.6 Å². The molecule has 4 N–H and O–H groups in total. The molecule has 4 aliphatic rings. The van der Waals surface area contributed by atoms with Crippen molar-refractivity contribution >= 4 is 17.5 Å². The second-order valence-corrected chi connectivity index (χ2v) is 17.7. The van der Waals surface area contributed by atoms with Gasteiger partial charge in [0.1, 0.15) is 17.9 Å². The molecule has 11 nitrogen and oxygen atoms in total. The monoisotopic (exact) mass is 750 g/mol. The first-order valence-corrected chi connectivity index (χ1v) is 20.0. The lowest BCUT2D eigenvalue weighted by atomic mass is 9.45. The van der Waals surface area contributed by atoms with Crippen molar-refractivity contribution in [2.24, 2.45) is 35.0 Å². The molecule has 6 rings (SSSR count). The average Bonchev–Trinajstić information content (AvgIpc) is 3.47. The molecule has 4 fully saturated rings. The van der Waals surface area contributed by atoms with Gasteiger partial charge >= 0.3 is 0 Å². The Labute approximate surface area is 323 Å². The van der Waals surface area contributed by atoms with Crippen LogP contribution in [0.1, 0.15) is 83.7 Å². The number of ether oxygens (including phenoxy) is 1. The lowest BCUT2D eigenvalue weighted by Crippen LogP contribution is -2.62. The van der Waals surface area contributed by atoms with E-state index in [1.165, 1.54) is 6.42 Å². The minimum absolute atomic E-state index is 0.000968. The third-order valence-electron chi connectivity index (χ3n) is 12.5. The maximum absolute atomic E-state index is 14.3. The van der Waals surface area contributed by atoms with Gasteiger partial charge in [0, 0.05) is 61.0 Å². The van der Waals surface area contributed by atoms with Gasteiger partial charge in [0.2, 0.25) is 5.91 Å². The Bertz CT molecular complexity index is 1600. The molecular weight excluding hydrogens is 683 g/mol. The first-order valence-electron chi connectivity index (χ1n) is 20.0. The lowest BCUT2D eigenvalue weighted by molar-refractivity contribution is -0.183. The number of nitrogens with one attached hydrogen (secondary N) is 2. The molecule has 11 heteroatoms. The third-order valence-corrected chi connectivity index (χ3v) is 12.5. The molecule has 300 valence electrons. The van der Waals surface area contributed by atoms with Crippen LogP contribution in [0.4, 0.5) is 5.69 Å². The maximum atomic E-state index is 14.3. The van der Waals surface area contributed by atoms with Crippen molar-refractivity contribution in [2.75, 3.05) is 52.8 Å². The van der Waals surface area contributed by atoms with E-state index < -0.39 is 24.2 Å². The molecule has 1 heterocycles. The van der Waals surface area contributed by atoms with Crippen LogP contribution in [0.2, 0.25) is 0 Å². The van der Waals surface area contributed by atoms with Gasteiger partial charge in [0.05, 0.1) is 25.9 Å². The molecule has 0 unspecified atom stereocenters. The number of rotatable bonds is 16. The predicted octanol–water partition coefficient (Wildman–Crippen LogP) is 5.19. The van der Waals surface area contributed by atoms with Crippen LogP contribution >= 0.6 is 0 Å². The number of hydroxylamine groups is 2. The van der Waals surface area contributed by atoms with Crippen LogP contribution < -0.4 is 20.3 Å². The zero-order valence-corrected chi connectivity index (χ0v) is 34.6. The maximum Gasteiger partial charge on any atom is 0.251 e. The van der Waals surface area contributed by atoms with Crippen molar-refractivity contribution in [3.63, 3.8) is 0 Å². The smallest absolute Gasteiger partial charge is 0.251 e. The summed E-state index contributed by atoms with van der Waals surface area (Å²) >= 11 is 0. The summed E-state index contributed by atoms with van der Waals surface area (Å²) in [6, 6.07) is 11.0. The third kappa shape index (κ3) is 8.91. The molecule has 1 aliphatic heterocycles. The molecule has 2 aromatic rings. The summed E-state index contributed by atoms with van der Waals surface area (Å²) in [6.45, 7) is 15.8. The number of carbonyl (C=O) groups is 2. The number of para-hydroxylation sites is 1. The SMILES string of the molecule is CCOc1c(CN2O[C@@H](CO)[C@@H]([C@H](C)O)[C@H]2C(=O)N[C@H]2C[C@H]3C[C@@H]([C@@H]2C)C3(C)C)cccc1-c1cc(C(=O)N[C@H](CC(C)C)CN(C)C)cc(N(C)C)c1. The molecule has 2 amide bonds. The van der Waals surface area contributed by atoms with Gasteiger partial charge in [-0.1, -0.05) is 52.8 Å². The Morgan fingerprint density at radius 3 is 2.39 bits per heavy atom. The highest BCUT2D eigenvalue weighted by Gasteiger charge is 2.57. The van der Waals surface area contributed by atoms with Crippen molar-refractivity contribution in [3.8, 4) is 16.9 Å². The van der Waals surface area contributed by atoms with E-state index in [0.29, 0.717) is 41.6 Å². The fourth-order valence-corrected chi connectivity index (χ4v) is 9.52. The largest absolute Gasteiger partial charge is 0.493 e. The number of carbonyl (C=O) groups excluding carboxylic acids is 2. The molecule has 3 saturated carbocycles. The van der Waals surface area contributed by atoms with Crippen molar-refractivity contribution in [1.29, 1.82) is 0 Å². The molecule has 0 radical (unpaired) electrons. The summed E-state index contributed by atoms with van der Waals surface area (Å²) < 4.78 is 6.38. The van der Waals surface area contributed by atoms with E-state index in [9.17, 15) is 19.8 Å². The summed E-state index contributed by atoms with van der Waals surface area (Å²) in [6.07, 6.45) is 1.36. The fraction of sp³-hybridized carbons (Fsp3) is 0.674. The Kier molecular flexibility index (Phi) is 13.4. The van der Waals surface area contributed by atoms with Crippen LogP contribution in [0, 0.1) is 35.0 Å². The number of hydrogen-bond donors (Lipinski definition) is 4. The standard InChI is InChI=1S/C43H67N5O6/c1-12-53-40-28(14-13-15-34(40)29-17-30(19-33(18-29)47(10)11)41(51)44-32(16-25(2)3)23-46(8)9)22-48-39(38(27(5)50)37(24-49)54-48)42(52)45-36-21-31-20-35(26(36)4)43(31,6)7/h13-15,17-19,25-27,31-32,35-39,49-50H,12,16,20-24H2,1-11H3,(H,44,51)(H,45,52)/t26-,27-,31+,32+,35-,36-,37-,38+,39-/m0/s1. The van der Waals surface area contributed by atoms with Gasteiger partial charge in [0.15, 0.2) is 0 Å². The van der Waals surface area contributed by atoms with E-state index in [1.54, 1.807) is 12.0 Å². The molecule has 3 aliphatic carbocycles. The number of amides is 2. The van der Waals surface area contributed by atoms with Crippen LogP contribution in [0.25, 0.3) is 11.1 Å². The summed E-state index contributed by atoms with van der Waals surface area (Å²) in [4.78, 5) is 38.6. The normalized spacial score (nSPS) is 27.4. The molecule has 1 saturated heterocycles. The van der Waals surface area contributed by atoms with E-state index >= 15 is 0 Å². The van der Waals surface area contributed by atoms with Crippen LogP contribution in [0.15, 0.2) is 36.4 Å². The van der Waals surface area contributed by atoms with Gasteiger partial charge in [-0.25, -0.2) is 0 Å². The average molecular weight is 750 g/mol. The Morgan fingerprint density at radius 2 is 1.81 bits per heavy atom. The van der Waals surface area contributed by atoms with Gasteiger partial charge in [-0.05, 0) is 100 Å². The molecule has 0 spiro atoms. The number of benzene rings is 2. The summed E-state index contributed by atoms with van der Waals surface area (Å²) in [5, 5.41) is 29.7. The highest BCUT2D eigenvalue weighted by atomic mass is 16.7. The number of anilines is 1. The van der Waals surface area contributed by atoms with Crippen molar-refractivity contribution in [2.45, 2.75) is 105 Å². The van der Waals surface area contributed by atoms with Crippen LogP contribution in [-0.4, -0.2) is 110 Å². The van der Waals surface area contributed by atoms with E-state index in [0.717, 1.165) is 41.8 Å². The molecule has 0 aromatic heterocycles. The fourth-order valence-electron chi connectivity index (χ4n) is 9.52. The topological polar surface area (TPSA) is 127 Å². The zero-order chi connectivity index (χ0) is 39.6. The number of aliphatic hydroxyl groups is 2. The number of nitrogens with zero attached hydrogens (tertiary/aromatic N) is 3. The van der Waals surface area contributed by atoms with Gasteiger partial charge in [0.25, 0.3) is 5.91 Å². The van der Waals surface area contributed by atoms with Gasteiger partial charge in [-0.2, -0.15) is 5.06 Å². The van der Waals surface area contributed by atoms with Crippen molar-refractivity contribution in [3.05, 3.63) is 47.5 Å². The Morgan fingerprint density at radius 1 is 1.09 bits per heavy atom. The van der Waals surface area contributed by atoms with Gasteiger partial charge < -0.3 is 35.4 Å². The summed E-state index contributed by atoms with van der Waals surface area (Å²) in [7, 11) is 7.95. The molecule has 9 atom stereocenters. The Balaban J connectivity index is 1.47. The first kappa shape index (κ1) is 41.9. The first-order chi connectivity index (χ1) is 25.5. The van der Waals surface area contributed by atoms with Crippen LogP contribution in [-0.2, 0) is 16.2 Å². The van der Waals surface area contributed by atoms with E-state index in [4.69, 9.17) is 9.57 Å². The zero-order valence-electron chi connectivity index (χ0n) is 34.6. The molecule has 2 aromatic carbocycles. The molecular formula is C43H67N5O6. The molecule has 54 heavy (non-hydrogen) atoms. The van der Waals surface area contributed by atoms with Gasteiger partial charge in [-0.15, -0.1) is 0 Å². The highest BCUT2D eigenvalue weighted by Crippen LogP contribution is 2.61. The van der Waals surface area contributed by atoms with Gasteiger partial charge in [-0.3, -0.25) is 14.4 Å². The van der Waals surface area contributed by atoms with E-state index in [2.05, 4.69) is 56.2 Å². The minimum atomic E-state index is -0.895. The molecule has 2 bridgehead atoms. The minimum Gasteiger partial charge on any atom is -0.493 e. The van der Waals surface area contributed by atoms with Crippen molar-refractivity contribution < 1.29 is 29.4 Å². The number of likely N-dealkylation sites (N-methyl/N-ethyl adjacent to an activating group) is 1. The summed E-state index contributed by atoms with van der Waals surface area (Å²) in [5.41, 5.74) is 4.13. The van der Waals surface area contributed by atoms with Crippen LogP contribution in [0.5, 0.6) is 5.75 Å². The van der Waals surface area contributed by atoms with E-state index in [-0.39, 0.29) is 42.5 Å². The second kappa shape index (κ2) is 17.3. The second-order valence-electron chi connectivity index (χ2n) is 17.7. The predicted molar refractivity (Wildman–Crippen MR) is 214 cm³/mol. The Hall–Kier alpha value is -3.22. The van der Waals surface area contributed by atoms with Crippen LogP contribution in [0.3, 0.4) is 0 Å². The number of aliphatic hydroxyl groups excluding tert-OH is 2. The quantitative estimate of drug-likeness (QED) is 0.184. The summed E-state index contributed by atoms with van der Waals surface area (Å²) in [5.74, 6) is 1.56. The van der Waals surface area contributed by atoms with E-state index in [1.807, 2.05) is 70.3 Å². The highest BCUT2D eigenvalue weighted by molar-refractivity contribution is 5.97. The number of fused-ring (bicyclic) bond motifs is 2. The lowest BCUT2D eigenvalue weighted by Gasteiger charge is -2.62.